The summed E-state index contributed by atoms with van der Waals surface area (Å²) in [4.78, 5) is 0.294. The molecule has 2 aromatic rings. The molecule has 0 spiro atoms. The topological polar surface area (TPSA) is 64.0 Å². The Kier molecular flexibility index (Phi) is 5.37. The minimum atomic E-state index is -3.49. The lowest BCUT2D eigenvalue weighted by Gasteiger charge is -2.10. The molecule has 120 valence electrons. The third-order valence-corrected chi connectivity index (χ3v) is 5.27. The molecule has 1 aromatic heterocycles. The van der Waals surface area contributed by atoms with Gasteiger partial charge in [0.05, 0.1) is 11.1 Å². The summed E-state index contributed by atoms with van der Waals surface area (Å²) in [6.07, 6.45) is 4.55. The Hall–Kier alpha value is -1.66. The first kappa shape index (κ1) is 16.7. The van der Waals surface area contributed by atoms with Crippen molar-refractivity contribution in [3.63, 3.8) is 0 Å². The van der Waals surface area contributed by atoms with Gasteiger partial charge in [-0.05, 0) is 37.0 Å². The number of hydrogen-bond acceptors (Lipinski definition) is 3. The van der Waals surface area contributed by atoms with Crippen molar-refractivity contribution in [1.29, 1.82) is 0 Å². The van der Waals surface area contributed by atoms with Crippen LogP contribution in [-0.4, -0.2) is 18.2 Å². The van der Waals surface area contributed by atoms with Gasteiger partial charge < -0.3 is 0 Å². The van der Waals surface area contributed by atoms with E-state index in [0.717, 1.165) is 24.1 Å². The van der Waals surface area contributed by atoms with Crippen LogP contribution < -0.4 is 4.72 Å². The Balaban J connectivity index is 2.06. The second-order valence-electron chi connectivity index (χ2n) is 5.41. The normalized spacial score (nSPS) is 13.2. The van der Waals surface area contributed by atoms with E-state index in [4.69, 9.17) is 0 Å². The Morgan fingerprint density at radius 1 is 1.23 bits per heavy atom. The number of hydrogen-bond donors (Lipinski definition) is 1. The van der Waals surface area contributed by atoms with Crippen molar-refractivity contribution < 1.29 is 8.42 Å². The van der Waals surface area contributed by atoms with Crippen LogP contribution in [0.4, 0.5) is 0 Å². The van der Waals surface area contributed by atoms with Crippen molar-refractivity contribution in [2.75, 3.05) is 0 Å². The molecule has 2 rings (SSSR count). The summed E-state index contributed by atoms with van der Waals surface area (Å²) in [6.45, 7) is 7.25. The molecule has 0 aliphatic rings. The standard InChI is InChI=1S/C16H23N3O2S/c1-4-13(3)15-6-8-16(9-7-15)22(20,21)18-11-14-10-17-19(5-2)12-14/h6-10,12-13,18H,4-5,11H2,1-3H3. The summed E-state index contributed by atoms with van der Waals surface area (Å²) in [6, 6.07) is 7.11. The van der Waals surface area contributed by atoms with Crippen LogP contribution in [0.5, 0.6) is 0 Å². The lowest BCUT2D eigenvalue weighted by atomic mass is 9.99. The largest absolute Gasteiger partial charge is 0.273 e. The molecule has 1 unspecified atom stereocenters. The zero-order chi connectivity index (χ0) is 16.2. The van der Waals surface area contributed by atoms with E-state index in [1.54, 1.807) is 23.0 Å². The molecule has 0 bridgehead atoms. The van der Waals surface area contributed by atoms with Crippen molar-refractivity contribution >= 4 is 10.0 Å². The number of aromatic nitrogens is 2. The average molecular weight is 321 g/mol. The SMILES string of the molecule is CCC(C)c1ccc(S(=O)(=O)NCc2cnn(CC)c2)cc1. The second kappa shape index (κ2) is 7.07. The maximum Gasteiger partial charge on any atom is 0.240 e. The van der Waals surface area contributed by atoms with Gasteiger partial charge >= 0.3 is 0 Å². The molecule has 0 fully saturated rings. The fourth-order valence-corrected chi connectivity index (χ4v) is 3.16. The predicted molar refractivity (Wildman–Crippen MR) is 87.1 cm³/mol. The number of sulfonamides is 1. The van der Waals surface area contributed by atoms with E-state index in [1.807, 2.05) is 25.3 Å². The van der Waals surface area contributed by atoms with Gasteiger partial charge in [0.25, 0.3) is 0 Å². The molecule has 0 amide bonds. The highest BCUT2D eigenvalue weighted by Gasteiger charge is 2.14. The van der Waals surface area contributed by atoms with Gasteiger partial charge in [0, 0.05) is 24.8 Å². The summed E-state index contributed by atoms with van der Waals surface area (Å²) in [5, 5.41) is 4.13. The van der Waals surface area contributed by atoms with E-state index in [1.165, 1.54) is 0 Å². The third-order valence-electron chi connectivity index (χ3n) is 3.85. The van der Waals surface area contributed by atoms with Gasteiger partial charge in [-0.2, -0.15) is 5.10 Å². The van der Waals surface area contributed by atoms with E-state index in [9.17, 15) is 8.42 Å². The first-order chi connectivity index (χ1) is 10.5. The second-order valence-corrected chi connectivity index (χ2v) is 7.17. The first-order valence-electron chi connectivity index (χ1n) is 7.57. The van der Waals surface area contributed by atoms with Crippen LogP contribution >= 0.6 is 0 Å². The maximum atomic E-state index is 12.3. The number of aryl methyl sites for hydroxylation is 1. The number of benzene rings is 1. The minimum Gasteiger partial charge on any atom is -0.273 e. The predicted octanol–water partition coefficient (Wildman–Crippen LogP) is 2.90. The van der Waals surface area contributed by atoms with Crippen molar-refractivity contribution in [3.05, 3.63) is 47.8 Å². The third kappa shape index (κ3) is 3.96. The molecular weight excluding hydrogens is 298 g/mol. The lowest BCUT2D eigenvalue weighted by Crippen LogP contribution is -2.23. The fourth-order valence-electron chi connectivity index (χ4n) is 2.14. The molecule has 1 atom stereocenters. The highest BCUT2D eigenvalue weighted by atomic mass is 32.2. The van der Waals surface area contributed by atoms with Gasteiger partial charge in [-0.3, -0.25) is 4.68 Å². The van der Waals surface area contributed by atoms with Crippen molar-refractivity contribution in [1.82, 2.24) is 14.5 Å². The van der Waals surface area contributed by atoms with Gasteiger partial charge in [0.2, 0.25) is 10.0 Å². The van der Waals surface area contributed by atoms with E-state index in [0.29, 0.717) is 10.8 Å². The number of nitrogens with one attached hydrogen (secondary N) is 1. The lowest BCUT2D eigenvalue weighted by molar-refractivity contribution is 0.581. The molecule has 0 aliphatic carbocycles. The van der Waals surface area contributed by atoms with Crippen LogP contribution in [0, 0.1) is 0 Å². The highest BCUT2D eigenvalue weighted by molar-refractivity contribution is 7.89. The van der Waals surface area contributed by atoms with E-state index in [-0.39, 0.29) is 6.54 Å². The molecule has 0 radical (unpaired) electrons. The Morgan fingerprint density at radius 3 is 2.45 bits per heavy atom. The van der Waals surface area contributed by atoms with Gasteiger partial charge in [0.15, 0.2) is 0 Å². The van der Waals surface area contributed by atoms with E-state index in [2.05, 4.69) is 23.7 Å². The molecule has 0 aliphatic heterocycles. The molecule has 1 aromatic carbocycles. The van der Waals surface area contributed by atoms with Crippen LogP contribution in [0.2, 0.25) is 0 Å². The van der Waals surface area contributed by atoms with Crippen molar-refractivity contribution in [3.8, 4) is 0 Å². The van der Waals surface area contributed by atoms with Crippen LogP contribution in [0.25, 0.3) is 0 Å². The van der Waals surface area contributed by atoms with E-state index < -0.39 is 10.0 Å². The maximum absolute atomic E-state index is 12.3. The molecular formula is C16H23N3O2S. The van der Waals surface area contributed by atoms with Crippen LogP contribution in [0.3, 0.4) is 0 Å². The van der Waals surface area contributed by atoms with Crippen LogP contribution in [0.1, 0.15) is 44.2 Å². The Bertz CT molecular complexity index is 705. The van der Waals surface area contributed by atoms with E-state index >= 15 is 0 Å². The molecule has 5 nitrogen and oxygen atoms in total. The summed E-state index contributed by atoms with van der Waals surface area (Å²) in [5.41, 5.74) is 2.01. The Labute approximate surface area is 132 Å². The highest BCUT2D eigenvalue weighted by Crippen LogP contribution is 2.20. The summed E-state index contributed by atoms with van der Waals surface area (Å²) < 4.78 is 29.0. The van der Waals surface area contributed by atoms with Gasteiger partial charge in [-0.1, -0.05) is 26.0 Å². The number of nitrogens with zero attached hydrogens (tertiary/aromatic N) is 2. The van der Waals surface area contributed by atoms with Gasteiger partial charge in [-0.25, -0.2) is 13.1 Å². The van der Waals surface area contributed by atoms with Gasteiger partial charge in [0.1, 0.15) is 0 Å². The Morgan fingerprint density at radius 2 is 1.91 bits per heavy atom. The zero-order valence-electron chi connectivity index (χ0n) is 13.3. The molecule has 0 saturated carbocycles. The monoisotopic (exact) mass is 321 g/mol. The number of rotatable bonds is 7. The molecule has 1 heterocycles. The summed E-state index contributed by atoms with van der Waals surface area (Å²) in [5.74, 6) is 0.435. The van der Waals surface area contributed by atoms with Crippen LogP contribution in [0.15, 0.2) is 41.6 Å². The van der Waals surface area contributed by atoms with Crippen molar-refractivity contribution in [2.45, 2.75) is 51.1 Å². The van der Waals surface area contributed by atoms with Crippen LogP contribution in [-0.2, 0) is 23.1 Å². The zero-order valence-corrected chi connectivity index (χ0v) is 14.1. The van der Waals surface area contributed by atoms with Gasteiger partial charge in [-0.15, -0.1) is 0 Å². The molecule has 1 N–H and O–H groups in total. The fraction of sp³-hybridized carbons (Fsp3) is 0.438. The average Bonchev–Trinajstić information content (AvgIpc) is 3.00. The summed E-state index contributed by atoms with van der Waals surface area (Å²) in [7, 11) is -3.49. The molecule has 22 heavy (non-hydrogen) atoms. The summed E-state index contributed by atoms with van der Waals surface area (Å²) >= 11 is 0. The van der Waals surface area contributed by atoms with Crippen molar-refractivity contribution in [2.24, 2.45) is 0 Å². The molecule has 0 saturated heterocycles. The first-order valence-corrected chi connectivity index (χ1v) is 9.05. The molecule has 6 heteroatoms. The quantitative estimate of drug-likeness (QED) is 0.853. The minimum absolute atomic E-state index is 0.245. The smallest absolute Gasteiger partial charge is 0.240 e.